The first kappa shape index (κ1) is 11.0. The van der Waals surface area contributed by atoms with Crippen molar-refractivity contribution in [3.05, 3.63) is 0 Å². The topological polar surface area (TPSA) is 27.7 Å². The summed E-state index contributed by atoms with van der Waals surface area (Å²) in [6.07, 6.45) is 10.2. The second-order valence-corrected chi connectivity index (χ2v) is 5.39. The Bertz CT molecular complexity index is 205. The number of hydrogen-bond donors (Lipinski definition) is 0. The van der Waals surface area contributed by atoms with E-state index in [-0.39, 0.29) is 11.6 Å². The fourth-order valence-electron chi connectivity index (χ4n) is 3.28. The summed E-state index contributed by atoms with van der Waals surface area (Å²) in [6, 6.07) is 0. The van der Waals surface area contributed by atoms with Crippen molar-refractivity contribution in [3.63, 3.8) is 0 Å². The van der Waals surface area contributed by atoms with E-state index in [1.165, 1.54) is 32.1 Å². The number of rotatable bonds is 0. The summed E-state index contributed by atoms with van der Waals surface area (Å²) in [4.78, 5) is 0. The molecule has 0 radical (unpaired) electrons. The van der Waals surface area contributed by atoms with Gasteiger partial charge in [0, 0.05) is 25.7 Å². The van der Waals surface area contributed by atoms with Crippen LogP contribution in [-0.4, -0.2) is 24.8 Å². The van der Waals surface area contributed by atoms with Gasteiger partial charge < -0.3 is 14.2 Å². The zero-order valence-electron chi connectivity index (χ0n) is 10.0. The van der Waals surface area contributed by atoms with E-state index >= 15 is 0 Å². The Balaban J connectivity index is 1.72. The molecule has 0 saturated carbocycles. The van der Waals surface area contributed by atoms with Gasteiger partial charge in [-0.2, -0.15) is 0 Å². The van der Waals surface area contributed by atoms with Gasteiger partial charge in [0.05, 0.1) is 13.2 Å². The highest BCUT2D eigenvalue weighted by atomic mass is 16.8. The van der Waals surface area contributed by atoms with Crippen molar-refractivity contribution in [1.29, 1.82) is 0 Å². The summed E-state index contributed by atoms with van der Waals surface area (Å²) in [5, 5.41) is 0. The standard InChI is InChI=1S/C13H22O3/c1-3-10-14-12(6-1)8-5-9-13(16-12)7-2-4-11-15-13/h1-11H2. The van der Waals surface area contributed by atoms with Gasteiger partial charge in [-0.3, -0.25) is 0 Å². The van der Waals surface area contributed by atoms with E-state index in [4.69, 9.17) is 14.2 Å². The van der Waals surface area contributed by atoms with Crippen LogP contribution in [0, 0.1) is 0 Å². The van der Waals surface area contributed by atoms with Crippen LogP contribution in [-0.2, 0) is 14.2 Å². The largest absolute Gasteiger partial charge is 0.350 e. The van der Waals surface area contributed by atoms with Crippen LogP contribution in [0.15, 0.2) is 0 Å². The molecule has 0 N–H and O–H groups in total. The highest BCUT2D eigenvalue weighted by molar-refractivity contribution is 4.86. The zero-order valence-corrected chi connectivity index (χ0v) is 10.0. The van der Waals surface area contributed by atoms with Crippen LogP contribution in [0.3, 0.4) is 0 Å². The average molecular weight is 226 g/mol. The van der Waals surface area contributed by atoms with E-state index in [0.29, 0.717) is 0 Å². The minimum absolute atomic E-state index is 0.298. The number of ether oxygens (including phenoxy) is 3. The summed E-state index contributed by atoms with van der Waals surface area (Å²) in [5.74, 6) is -0.596. The van der Waals surface area contributed by atoms with Gasteiger partial charge in [0.1, 0.15) is 0 Å². The van der Waals surface area contributed by atoms with Gasteiger partial charge >= 0.3 is 0 Å². The molecule has 3 fully saturated rings. The van der Waals surface area contributed by atoms with Crippen LogP contribution in [0.2, 0.25) is 0 Å². The van der Waals surface area contributed by atoms with E-state index in [0.717, 1.165) is 38.9 Å². The van der Waals surface area contributed by atoms with Gasteiger partial charge in [-0.15, -0.1) is 0 Å². The van der Waals surface area contributed by atoms with Gasteiger partial charge in [-0.25, -0.2) is 0 Å². The Morgan fingerprint density at radius 2 is 1.06 bits per heavy atom. The molecule has 2 atom stereocenters. The summed E-state index contributed by atoms with van der Waals surface area (Å²) in [6.45, 7) is 1.71. The zero-order chi connectivity index (χ0) is 10.9. The predicted octanol–water partition coefficient (Wildman–Crippen LogP) is 2.98. The Labute approximate surface area is 97.4 Å². The van der Waals surface area contributed by atoms with Crippen LogP contribution in [0.25, 0.3) is 0 Å². The fourth-order valence-corrected chi connectivity index (χ4v) is 3.28. The van der Waals surface area contributed by atoms with Crippen molar-refractivity contribution in [3.8, 4) is 0 Å². The van der Waals surface area contributed by atoms with Gasteiger partial charge in [0.15, 0.2) is 11.6 Å². The first-order valence-corrected chi connectivity index (χ1v) is 6.81. The lowest BCUT2D eigenvalue weighted by atomic mass is 9.90. The van der Waals surface area contributed by atoms with Crippen molar-refractivity contribution in [1.82, 2.24) is 0 Å². The summed E-state index contributed by atoms with van der Waals surface area (Å²) < 4.78 is 18.2. The Hall–Kier alpha value is -0.120. The molecule has 0 amide bonds. The summed E-state index contributed by atoms with van der Waals surface area (Å²) in [7, 11) is 0. The summed E-state index contributed by atoms with van der Waals surface area (Å²) >= 11 is 0. The maximum atomic E-state index is 6.30. The fraction of sp³-hybridized carbons (Fsp3) is 1.00. The second-order valence-electron chi connectivity index (χ2n) is 5.39. The molecule has 0 aliphatic carbocycles. The smallest absolute Gasteiger partial charge is 0.171 e. The van der Waals surface area contributed by atoms with E-state index in [1.807, 2.05) is 0 Å². The van der Waals surface area contributed by atoms with Crippen LogP contribution >= 0.6 is 0 Å². The second kappa shape index (κ2) is 4.28. The van der Waals surface area contributed by atoms with Crippen molar-refractivity contribution in [2.24, 2.45) is 0 Å². The van der Waals surface area contributed by atoms with Gasteiger partial charge in [-0.1, -0.05) is 0 Å². The molecule has 3 saturated heterocycles. The molecule has 2 unspecified atom stereocenters. The molecule has 92 valence electrons. The first-order chi connectivity index (χ1) is 7.83. The molecule has 3 aliphatic heterocycles. The van der Waals surface area contributed by atoms with Crippen molar-refractivity contribution < 1.29 is 14.2 Å². The number of hydrogen-bond acceptors (Lipinski definition) is 3. The molecule has 3 heterocycles. The minimum Gasteiger partial charge on any atom is -0.350 e. The maximum Gasteiger partial charge on any atom is 0.171 e. The minimum atomic E-state index is -0.298. The molecule has 0 aromatic rings. The molecule has 3 aliphatic rings. The van der Waals surface area contributed by atoms with Crippen molar-refractivity contribution >= 4 is 0 Å². The average Bonchev–Trinajstić information content (AvgIpc) is 2.31. The van der Waals surface area contributed by atoms with E-state index in [9.17, 15) is 0 Å². The highest BCUT2D eigenvalue weighted by Crippen LogP contribution is 2.45. The van der Waals surface area contributed by atoms with Crippen molar-refractivity contribution in [2.45, 2.75) is 69.4 Å². The van der Waals surface area contributed by atoms with E-state index in [1.54, 1.807) is 0 Å². The van der Waals surface area contributed by atoms with E-state index in [2.05, 4.69) is 0 Å². The van der Waals surface area contributed by atoms with Crippen LogP contribution in [0.5, 0.6) is 0 Å². The van der Waals surface area contributed by atoms with Gasteiger partial charge in [0.2, 0.25) is 0 Å². The lowest BCUT2D eigenvalue weighted by molar-refractivity contribution is -0.396. The lowest BCUT2D eigenvalue weighted by Gasteiger charge is -2.50. The molecule has 0 bridgehead atoms. The van der Waals surface area contributed by atoms with Gasteiger partial charge in [0.25, 0.3) is 0 Å². The third-order valence-corrected chi connectivity index (χ3v) is 4.12. The Morgan fingerprint density at radius 1 is 0.562 bits per heavy atom. The van der Waals surface area contributed by atoms with Gasteiger partial charge in [-0.05, 0) is 32.1 Å². The highest BCUT2D eigenvalue weighted by Gasteiger charge is 2.48. The SMILES string of the molecule is C1CCC2(CCCC3(CCCCO3)O2)OC1. The van der Waals surface area contributed by atoms with Crippen molar-refractivity contribution in [2.75, 3.05) is 13.2 Å². The normalized spacial score (nSPS) is 45.0. The lowest BCUT2D eigenvalue weighted by Crippen LogP contribution is -2.53. The Morgan fingerprint density at radius 3 is 1.50 bits per heavy atom. The Kier molecular flexibility index (Phi) is 2.94. The third kappa shape index (κ3) is 2.01. The molecular weight excluding hydrogens is 204 g/mol. The van der Waals surface area contributed by atoms with Crippen LogP contribution in [0.1, 0.15) is 57.8 Å². The van der Waals surface area contributed by atoms with Crippen LogP contribution < -0.4 is 0 Å². The molecule has 0 aromatic heterocycles. The molecule has 2 spiro atoms. The molecular formula is C13H22O3. The molecule has 0 aromatic carbocycles. The van der Waals surface area contributed by atoms with Crippen LogP contribution in [0.4, 0.5) is 0 Å². The molecule has 16 heavy (non-hydrogen) atoms. The quantitative estimate of drug-likeness (QED) is 0.635. The van der Waals surface area contributed by atoms with E-state index < -0.39 is 0 Å². The summed E-state index contributed by atoms with van der Waals surface area (Å²) in [5.41, 5.74) is 0. The first-order valence-electron chi connectivity index (χ1n) is 6.81. The maximum absolute atomic E-state index is 6.30. The predicted molar refractivity (Wildman–Crippen MR) is 60.0 cm³/mol. The molecule has 3 rings (SSSR count). The third-order valence-electron chi connectivity index (χ3n) is 4.12. The molecule has 3 heteroatoms. The molecule has 3 nitrogen and oxygen atoms in total. The monoisotopic (exact) mass is 226 g/mol.